The molecule has 0 aliphatic carbocycles. The number of hydrogen-bond donors (Lipinski definition) is 3. The van der Waals surface area contributed by atoms with E-state index in [1.54, 1.807) is 6.92 Å². The molecule has 0 aromatic rings. The number of amides is 3. The van der Waals surface area contributed by atoms with Crippen LogP contribution in [0.1, 0.15) is 26.7 Å². The van der Waals surface area contributed by atoms with Gasteiger partial charge in [0.1, 0.15) is 6.54 Å². The summed E-state index contributed by atoms with van der Waals surface area (Å²) in [5.74, 6) is -1.19. The molecule has 0 radical (unpaired) electrons. The van der Waals surface area contributed by atoms with E-state index in [1.165, 1.54) is 4.90 Å². The first kappa shape index (κ1) is 17.2. The first-order chi connectivity index (χ1) is 9.97. The second-order valence-corrected chi connectivity index (χ2v) is 4.82. The predicted octanol–water partition coefficient (Wildman–Crippen LogP) is -0.214. The molecule has 8 nitrogen and oxygen atoms in total. The van der Waals surface area contributed by atoms with Gasteiger partial charge in [0.2, 0.25) is 5.91 Å². The molecule has 1 saturated heterocycles. The summed E-state index contributed by atoms with van der Waals surface area (Å²) in [6.07, 6.45) is -0.0332. The zero-order valence-electron chi connectivity index (χ0n) is 12.4. The molecule has 1 rings (SSSR count). The molecule has 120 valence electrons. The summed E-state index contributed by atoms with van der Waals surface area (Å²) in [7, 11) is 0. The predicted molar refractivity (Wildman–Crippen MR) is 74.9 cm³/mol. The molecule has 8 heteroatoms. The lowest BCUT2D eigenvalue weighted by molar-refractivity contribution is -0.149. The highest BCUT2D eigenvalue weighted by Gasteiger charge is 2.30. The molecule has 0 aromatic carbocycles. The van der Waals surface area contributed by atoms with E-state index in [-0.39, 0.29) is 31.1 Å². The van der Waals surface area contributed by atoms with Crippen LogP contribution < -0.4 is 10.6 Å². The Balaban J connectivity index is 2.34. The zero-order valence-corrected chi connectivity index (χ0v) is 12.4. The Morgan fingerprint density at radius 1 is 1.24 bits per heavy atom. The summed E-state index contributed by atoms with van der Waals surface area (Å²) < 4.78 is 5.29. The van der Waals surface area contributed by atoms with Gasteiger partial charge in [-0.05, 0) is 26.7 Å². The van der Waals surface area contributed by atoms with Gasteiger partial charge in [-0.1, -0.05) is 0 Å². The zero-order chi connectivity index (χ0) is 15.8. The smallest absolute Gasteiger partial charge is 0.332 e. The Morgan fingerprint density at radius 2 is 1.95 bits per heavy atom. The molecule has 21 heavy (non-hydrogen) atoms. The van der Waals surface area contributed by atoms with Crippen molar-refractivity contribution in [3.05, 3.63) is 0 Å². The van der Waals surface area contributed by atoms with Crippen molar-refractivity contribution in [2.24, 2.45) is 0 Å². The van der Waals surface area contributed by atoms with Crippen molar-refractivity contribution in [1.82, 2.24) is 15.5 Å². The van der Waals surface area contributed by atoms with Gasteiger partial charge in [0, 0.05) is 19.6 Å². The Labute approximate surface area is 123 Å². The number of hydrogen-bond acceptors (Lipinski definition) is 4. The van der Waals surface area contributed by atoms with Gasteiger partial charge in [-0.2, -0.15) is 0 Å². The van der Waals surface area contributed by atoms with Crippen LogP contribution in [0.15, 0.2) is 0 Å². The number of aliphatic carboxylic acids is 1. The molecular weight excluding hydrogens is 278 g/mol. The second-order valence-electron chi connectivity index (χ2n) is 4.82. The number of carboxylic acids is 1. The van der Waals surface area contributed by atoms with E-state index in [0.29, 0.717) is 25.9 Å². The van der Waals surface area contributed by atoms with Gasteiger partial charge in [-0.3, -0.25) is 4.79 Å². The largest absolute Gasteiger partial charge is 0.479 e. The average molecular weight is 301 g/mol. The summed E-state index contributed by atoms with van der Waals surface area (Å²) in [5.41, 5.74) is 0. The van der Waals surface area contributed by atoms with Gasteiger partial charge in [0.25, 0.3) is 0 Å². The third kappa shape index (κ3) is 5.58. The van der Waals surface area contributed by atoms with Crippen LogP contribution in [0.25, 0.3) is 0 Å². The van der Waals surface area contributed by atoms with E-state index in [4.69, 9.17) is 9.84 Å². The van der Waals surface area contributed by atoms with Crippen molar-refractivity contribution >= 4 is 17.9 Å². The van der Waals surface area contributed by atoms with Crippen LogP contribution >= 0.6 is 0 Å². The normalized spacial score (nSPS) is 20.9. The third-order valence-corrected chi connectivity index (χ3v) is 3.24. The second kappa shape index (κ2) is 8.46. The summed E-state index contributed by atoms with van der Waals surface area (Å²) in [5, 5.41) is 14.1. The number of rotatable bonds is 7. The summed E-state index contributed by atoms with van der Waals surface area (Å²) in [6.45, 7) is 4.76. The number of nitrogens with zero attached hydrogens (tertiary/aromatic N) is 1. The number of nitrogens with one attached hydrogen (secondary N) is 2. The summed E-state index contributed by atoms with van der Waals surface area (Å²) >= 11 is 0. The molecular formula is C13H23N3O5. The van der Waals surface area contributed by atoms with Crippen LogP contribution in [-0.2, 0) is 14.3 Å². The molecule has 0 aromatic heterocycles. The molecule has 0 bridgehead atoms. The van der Waals surface area contributed by atoms with Crippen LogP contribution in [0.2, 0.25) is 0 Å². The number of urea groups is 1. The van der Waals surface area contributed by atoms with E-state index < -0.39 is 12.1 Å². The summed E-state index contributed by atoms with van der Waals surface area (Å²) in [4.78, 5) is 35.6. The third-order valence-electron chi connectivity index (χ3n) is 3.24. The van der Waals surface area contributed by atoms with Crippen molar-refractivity contribution in [1.29, 1.82) is 0 Å². The molecule has 1 aliphatic rings. The lowest BCUT2D eigenvalue weighted by Gasteiger charge is -2.22. The Hall–Kier alpha value is -1.83. The fourth-order valence-corrected chi connectivity index (χ4v) is 2.10. The SMILES string of the molecule is CCNC(=O)CN(CC)C(=O)NCC1CCC(C(=O)O)O1. The highest BCUT2D eigenvalue weighted by molar-refractivity contribution is 5.84. The van der Waals surface area contributed by atoms with Gasteiger partial charge < -0.3 is 25.4 Å². The number of carbonyl (C=O) groups is 3. The van der Waals surface area contributed by atoms with Gasteiger partial charge in [-0.15, -0.1) is 0 Å². The molecule has 1 heterocycles. The van der Waals surface area contributed by atoms with Crippen LogP contribution in [-0.4, -0.2) is 66.3 Å². The Morgan fingerprint density at radius 3 is 2.48 bits per heavy atom. The molecule has 2 atom stereocenters. The van der Waals surface area contributed by atoms with Crippen LogP contribution in [0.5, 0.6) is 0 Å². The van der Waals surface area contributed by atoms with Gasteiger partial charge in [0.05, 0.1) is 6.10 Å². The number of ether oxygens (including phenoxy) is 1. The highest BCUT2D eigenvalue weighted by atomic mass is 16.5. The number of carboxylic acid groups (broad SMARTS) is 1. The molecule has 0 saturated carbocycles. The first-order valence-corrected chi connectivity index (χ1v) is 7.15. The maximum Gasteiger partial charge on any atom is 0.332 e. The molecule has 0 spiro atoms. The molecule has 2 unspecified atom stereocenters. The van der Waals surface area contributed by atoms with Crippen molar-refractivity contribution < 1.29 is 24.2 Å². The first-order valence-electron chi connectivity index (χ1n) is 7.15. The van der Waals surface area contributed by atoms with Gasteiger partial charge >= 0.3 is 12.0 Å². The highest BCUT2D eigenvalue weighted by Crippen LogP contribution is 2.19. The topological polar surface area (TPSA) is 108 Å². The Bertz CT molecular complexity index is 388. The van der Waals surface area contributed by atoms with Gasteiger partial charge in [-0.25, -0.2) is 9.59 Å². The van der Waals surface area contributed by atoms with Crippen molar-refractivity contribution in [2.75, 3.05) is 26.2 Å². The Kier molecular flexibility index (Phi) is 6.93. The molecule has 1 aliphatic heterocycles. The maximum absolute atomic E-state index is 11.9. The molecule has 1 fully saturated rings. The van der Waals surface area contributed by atoms with E-state index in [2.05, 4.69) is 10.6 Å². The molecule has 3 amide bonds. The fourth-order valence-electron chi connectivity index (χ4n) is 2.10. The maximum atomic E-state index is 11.9. The standard InChI is InChI=1S/C13H23N3O5/c1-3-14-11(17)8-16(4-2)13(20)15-7-9-5-6-10(21-9)12(18)19/h9-10H,3-8H2,1-2H3,(H,14,17)(H,15,20)(H,18,19). The summed E-state index contributed by atoms with van der Waals surface area (Å²) in [6, 6.07) is -0.355. The van der Waals surface area contributed by atoms with E-state index in [1.807, 2.05) is 6.92 Å². The minimum atomic E-state index is -0.977. The van der Waals surface area contributed by atoms with Gasteiger partial charge in [0.15, 0.2) is 6.10 Å². The van der Waals surface area contributed by atoms with Crippen molar-refractivity contribution in [2.45, 2.75) is 38.9 Å². The van der Waals surface area contributed by atoms with Crippen molar-refractivity contribution in [3.8, 4) is 0 Å². The van der Waals surface area contributed by atoms with Crippen LogP contribution in [0, 0.1) is 0 Å². The monoisotopic (exact) mass is 301 g/mol. The van der Waals surface area contributed by atoms with Crippen LogP contribution in [0.3, 0.4) is 0 Å². The molecule has 3 N–H and O–H groups in total. The fraction of sp³-hybridized carbons (Fsp3) is 0.769. The van der Waals surface area contributed by atoms with Crippen LogP contribution in [0.4, 0.5) is 4.79 Å². The number of carbonyl (C=O) groups excluding carboxylic acids is 2. The average Bonchev–Trinajstić information content (AvgIpc) is 2.91. The minimum absolute atomic E-state index is 0.000548. The van der Waals surface area contributed by atoms with Crippen molar-refractivity contribution in [3.63, 3.8) is 0 Å². The lowest BCUT2D eigenvalue weighted by Crippen LogP contribution is -2.47. The lowest BCUT2D eigenvalue weighted by atomic mass is 10.2. The van der Waals surface area contributed by atoms with E-state index in [9.17, 15) is 14.4 Å². The van der Waals surface area contributed by atoms with E-state index in [0.717, 1.165) is 0 Å². The minimum Gasteiger partial charge on any atom is -0.479 e. The number of likely N-dealkylation sites (N-methyl/N-ethyl adjacent to an activating group) is 2. The van der Waals surface area contributed by atoms with E-state index >= 15 is 0 Å². The quantitative estimate of drug-likeness (QED) is 0.603.